The zero-order valence-corrected chi connectivity index (χ0v) is 15.8. The summed E-state index contributed by atoms with van der Waals surface area (Å²) in [4.78, 5) is 26.9. The van der Waals surface area contributed by atoms with Crippen LogP contribution in [-0.2, 0) is 16.1 Å². The van der Waals surface area contributed by atoms with Gasteiger partial charge in [0.1, 0.15) is 17.3 Å². The van der Waals surface area contributed by atoms with Gasteiger partial charge < -0.3 is 14.4 Å². The van der Waals surface area contributed by atoms with Crippen LogP contribution in [0, 0.1) is 5.82 Å². The lowest BCUT2D eigenvalue weighted by Crippen LogP contribution is -2.29. The van der Waals surface area contributed by atoms with Crippen molar-refractivity contribution in [3.05, 3.63) is 100 Å². The molecule has 1 aliphatic heterocycles. The highest BCUT2D eigenvalue weighted by Crippen LogP contribution is 2.40. The Morgan fingerprint density at radius 3 is 2.38 bits per heavy atom. The van der Waals surface area contributed by atoms with E-state index in [-0.39, 0.29) is 17.9 Å². The van der Waals surface area contributed by atoms with Crippen LogP contribution in [0.25, 0.3) is 5.76 Å². The maximum Gasteiger partial charge on any atom is 0.296 e. The van der Waals surface area contributed by atoms with Crippen molar-refractivity contribution in [2.75, 3.05) is 0 Å². The number of hydrogen-bond acceptors (Lipinski definition) is 4. The molecule has 7 heteroatoms. The number of carbonyl (C=O) groups excluding carboxylic acids is 2. The Labute approximate surface area is 170 Å². The van der Waals surface area contributed by atoms with E-state index in [2.05, 4.69) is 0 Å². The van der Waals surface area contributed by atoms with Gasteiger partial charge in [0, 0.05) is 10.6 Å². The van der Waals surface area contributed by atoms with Crippen LogP contribution in [0.1, 0.15) is 22.9 Å². The van der Waals surface area contributed by atoms with Gasteiger partial charge in [-0.1, -0.05) is 23.7 Å². The third-order valence-electron chi connectivity index (χ3n) is 4.75. The van der Waals surface area contributed by atoms with Gasteiger partial charge in [-0.15, -0.1) is 0 Å². The highest BCUT2D eigenvalue weighted by molar-refractivity contribution is 6.46. The number of benzene rings is 2. The predicted octanol–water partition coefficient (Wildman–Crippen LogP) is 4.69. The maximum atomic E-state index is 13.5. The summed E-state index contributed by atoms with van der Waals surface area (Å²) in [7, 11) is 0. The number of likely N-dealkylation sites (tertiary alicyclic amines) is 1. The minimum absolute atomic E-state index is 0.0248. The lowest BCUT2D eigenvalue weighted by atomic mass is 9.95. The predicted molar refractivity (Wildman–Crippen MR) is 104 cm³/mol. The SMILES string of the molecule is O=C1C(=O)N(Cc2ccco2)[C@H](c2ccc(F)cc2)/C1=C(\O)c1ccc(Cl)cc1. The molecule has 29 heavy (non-hydrogen) atoms. The Balaban J connectivity index is 1.86. The molecule has 2 heterocycles. The van der Waals surface area contributed by atoms with Crippen LogP contribution in [0.5, 0.6) is 0 Å². The van der Waals surface area contributed by atoms with E-state index in [1.807, 2.05) is 0 Å². The summed E-state index contributed by atoms with van der Waals surface area (Å²) >= 11 is 5.90. The third-order valence-corrected chi connectivity index (χ3v) is 5.00. The molecule has 146 valence electrons. The summed E-state index contributed by atoms with van der Waals surface area (Å²) in [6.07, 6.45) is 1.46. The Morgan fingerprint density at radius 2 is 1.76 bits per heavy atom. The Bertz CT molecular complexity index is 1090. The molecular formula is C22H15ClFNO4. The van der Waals surface area contributed by atoms with Gasteiger partial charge in [-0.25, -0.2) is 4.39 Å². The largest absolute Gasteiger partial charge is 0.507 e. The first kappa shape index (κ1) is 19.0. The van der Waals surface area contributed by atoms with Crippen molar-refractivity contribution >= 4 is 29.1 Å². The van der Waals surface area contributed by atoms with Crippen molar-refractivity contribution in [2.45, 2.75) is 12.6 Å². The summed E-state index contributed by atoms with van der Waals surface area (Å²) in [6, 6.07) is 14.2. The number of carbonyl (C=O) groups is 2. The summed E-state index contributed by atoms with van der Waals surface area (Å²) in [5, 5.41) is 11.3. The monoisotopic (exact) mass is 411 g/mol. The zero-order valence-electron chi connectivity index (χ0n) is 15.0. The molecular weight excluding hydrogens is 397 g/mol. The van der Waals surface area contributed by atoms with Crippen molar-refractivity contribution in [3.8, 4) is 0 Å². The number of hydrogen-bond donors (Lipinski definition) is 1. The topological polar surface area (TPSA) is 70.8 Å². The third kappa shape index (κ3) is 3.54. The van der Waals surface area contributed by atoms with Gasteiger partial charge in [-0.05, 0) is 54.1 Å². The molecule has 1 aliphatic rings. The minimum atomic E-state index is -0.892. The van der Waals surface area contributed by atoms with Crippen LogP contribution in [-0.4, -0.2) is 21.7 Å². The van der Waals surface area contributed by atoms with Crippen LogP contribution in [0.4, 0.5) is 4.39 Å². The van der Waals surface area contributed by atoms with Gasteiger partial charge in [0.15, 0.2) is 0 Å². The smallest absolute Gasteiger partial charge is 0.296 e. The van der Waals surface area contributed by atoms with Crippen molar-refractivity contribution in [3.63, 3.8) is 0 Å². The summed E-state index contributed by atoms with van der Waals surface area (Å²) in [6.45, 7) is 0.0248. The number of ketones is 1. The van der Waals surface area contributed by atoms with E-state index in [9.17, 15) is 19.1 Å². The summed E-state index contributed by atoms with van der Waals surface area (Å²) in [5.74, 6) is -1.89. The summed E-state index contributed by atoms with van der Waals surface area (Å²) in [5.41, 5.74) is 0.765. The Kier molecular flexibility index (Phi) is 4.94. The molecule has 0 spiro atoms. The van der Waals surface area contributed by atoms with E-state index in [0.29, 0.717) is 21.9 Å². The fourth-order valence-electron chi connectivity index (χ4n) is 3.37. The quantitative estimate of drug-likeness (QED) is 0.384. The first-order valence-electron chi connectivity index (χ1n) is 8.78. The van der Waals surface area contributed by atoms with Crippen LogP contribution >= 0.6 is 11.6 Å². The number of nitrogens with zero attached hydrogens (tertiary/aromatic N) is 1. The second kappa shape index (κ2) is 7.56. The van der Waals surface area contributed by atoms with E-state index in [4.69, 9.17) is 16.0 Å². The molecule has 1 fully saturated rings. The number of furan rings is 1. The fraction of sp³-hybridized carbons (Fsp3) is 0.0909. The minimum Gasteiger partial charge on any atom is -0.507 e. The maximum absolute atomic E-state index is 13.5. The molecule has 0 bridgehead atoms. The highest BCUT2D eigenvalue weighted by Gasteiger charge is 2.46. The van der Waals surface area contributed by atoms with E-state index in [1.54, 1.807) is 36.4 Å². The number of amides is 1. The summed E-state index contributed by atoms with van der Waals surface area (Å²) < 4.78 is 18.8. The fourth-order valence-corrected chi connectivity index (χ4v) is 3.49. The molecule has 0 saturated carbocycles. The van der Waals surface area contributed by atoms with Crippen LogP contribution in [0.3, 0.4) is 0 Å². The van der Waals surface area contributed by atoms with Gasteiger partial charge in [-0.2, -0.15) is 0 Å². The number of Topliss-reactive ketones (excluding diaryl/α,β-unsaturated/α-hetero) is 1. The first-order chi connectivity index (χ1) is 14.0. The molecule has 0 aliphatic carbocycles. The highest BCUT2D eigenvalue weighted by atomic mass is 35.5. The molecule has 1 N–H and O–H groups in total. The van der Waals surface area contributed by atoms with Gasteiger partial charge in [0.05, 0.1) is 24.4 Å². The van der Waals surface area contributed by atoms with Crippen LogP contribution in [0.2, 0.25) is 5.02 Å². The molecule has 4 rings (SSSR count). The van der Waals surface area contributed by atoms with Gasteiger partial charge in [0.2, 0.25) is 0 Å². The molecule has 0 unspecified atom stereocenters. The number of rotatable bonds is 4. The number of halogens is 2. The number of aliphatic hydroxyl groups excluding tert-OH is 1. The van der Waals surface area contributed by atoms with E-state index >= 15 is 0 Å². The second-order valence-corrected chi connectivity index (χ2v) is 7.00. The Hall–Kier alpha value is -3.38. The average molecular weight is 412 g/mol. The van der Waals surface area contributed by atoms with Gasteiger partial charge >= 0.3 is 0 Å². The molecule has 5 nitrogen and oxygen atoms in total. The molecule has 3 aromatic rings. The van der Waals surface area contributed by atoms with Crippen molar-refractivity contribution in [2.24, 2.45) is 0 Å². The Morgan fingerprint density at radius 1 is 1.07 bits per heavy atom. The normalized spacial score (nSPS) is 18.4. The molecule has 2 aromatic carbocycles. The lowest BCUT2D eigenvalue weighted by Gasteiger charge is -2.24. The molecule has 1 saturated heterocycles. The average Bonchev–Trinajstić information content (AvgIpc) is 3.31. The van der Waals surface area contributed by atoms with E-state index in [0.717, 1.165) is 0 Å². The van der Waals surface area contributed by atoms with E-state index in [1.165, 1.54) is 35.4 Å². The standard InChI is InChI=1S/C22H15ClFNO4/c23-15-7-3-14(4-8-15)20(26)18-19(13-5-9-16(24)10-6-13)25(22(28)21(18)27)12-17-2-1-11-29-17/h1-11,19,26H,12H2/b20-18+/t19-/m1/s1. The lowest BCUT2D eigenvalue weighted by molar-refractivity contribution is -0.140. The zero-order chi connectivity index (χ0) is 20.5. The number of aliphatic hydroxyl groups is 1. The molecule has 1 atom stereocenters. The van der Waals surface area contributed by atoms with Crippen molar-refractivity contribution in [1.82, 2.24) is 4.90 Å². The molecule has 1 aromatic heterocycles. The van der Waals surface area contributed by atoms with Crippen molar-refractivity contribution in [1.29, 1.82) is 0 Å². The first-order valence-corrected chi connectivity index (χ1v) is 9.15. The molecule has 0 radical (unpaired) electrons. The van der Waals surface area contributed by atoms with Crippen molar-refractivity contribution < 1.29 is 23.5 Å². The van der Waals surface area contributed by atoms with E-state index < -0.39 is 23.5 Å². The van der Waals surface area contributed by atoms with Crippen LogP contribution in [0.15, 0.2) is 76.9 Å². The van der Waals surface area contributed by atoms with Gasteiger partial charge in [-0.3, -0.25) is 9.59 Å². The van der Waals surface area contributed by atoms with Gasteiger partial charge in [0.25, 0.3) is 11.7 Å². The molecule has 1 amide bonds. The van der Waals surface area contributed by atoms with Crippen LogP contribution < -0.4 is 0 Å². The second-order valence-electron chi connectivity index (χ2n) is 6.56.